The predicted octanol–water partition coefficient (Wildman–Crippen LogP) is 2.25. The lowest BCUT2D eigenvalue weighted by atomic mass is 10.1. The van der Waals surface area contributed by atoms with Gasteiger partial charge in [-0.05, 0) is 30.3 Å². The molecule has 1 unspecified atom stereocenters. The Morgan fingerprint density at radius 3 is 3.08 bits per heavy atom. The summed E-state index contributed by atoms with van der Waals surface area (Å²) in [7, 11) is 1.42. The van der Waals surface area contributed by atoms with Crippen LogP contribution in [-0.4, -0.2) is 24.6 Å². The van der Waals surface area contributed by atoms with Crippen molar-refractivity contribution in [1.29, 1.82) is 0 Å². The molecule has 2 nitrogen and oxygen atoms in total. The van der Waals surface area contributed by atoms with Gasteiger partial charge in [0.1, 0.15) is 0 Å². The van der Waals surface area contributed by atoms with Crippen molar-refractivity contribution in [3.05, 3.63) is 12.2 Å². The fourth-order valence-corrected chi connectivity index (χ4v) is 2.62. The van der Waals surface area contributed by atoms with Gasteiger partial charge in [-0.25, -0.2) is 0 Å². The van der Waals surface area contributed by atoms with E-state index in [-0.39, 0.29) is 5.97 Å². The Bertz CT molecular complexity index is 183. The molecule has 0 saturated carbocycles. The second-order valence-electron chi connectivity index (χ2n) is 3.22. The summed E-state index contributed by atoms with van der Waals surface area (Å²) in [6, 6.07) is 0. The van der Waals surface area contributed by atoms with E-state index in [2.05, 4.69) is 10.8 Å². The van der Waals surface area contributed by atoms with Gasteiger partial charge in [-0.15, -0.1) is 0 Å². The first-order chi connectivity index (χ1) is 6.33. The summed E-state index contributed by atoms with van der Waals surface area (Å²) in [6.07, 6.45) is 6.87. The third-order valence-corrected chi connectivity index (χ3v) is 3.40. The van der Waals surface area contributed by atoms with E-state index in [1.807, 2.05) is 17.8 Å². The molecule has 1 heterocycles. The summed E-state index contributed by atoms with van der Waals surface area (Å²) in [6.45, 7) is 0. The molecule has 3 heteroatoms. The minimum Gasteiger partial charge on any atom is -0.469 e. The Morgan fingerprint density at radius 1 is 1.62 bits per heavy atom. The molecule has 0 spiro atoms. The van der Waals surface area contributed by atoms with Crippen LogP contribution in [0.5, 0.6) is 0 Å². The first-order valence-electron chi connectivity index (χ1n) is 4.62. The Balaban J connectivity index is 2.06. The molecule has 0 amide bonds. The highest BCUT2D eigenvalue weighted by atomic mass is 32.2. The average Bonchev–Trinajstić information content (AvgIpc) is 2.64. The van der Waals surface area contributed by atoms with E-state index in [1.165, 1.54) is 25.0 Å². The van der Waals surface area contributed by atoms with Crippen molar-refractivity contribution in [2.24, 2.45) is 5.92 Å². The zero-order valence-corrected chi connectivity index (χ0v) is 8.81. The van der Waals surface area contributed by atoms with Crippen LogP contribution in [0.15, 0.2) is 12.2 Å². The highest BCUT2D eigenvalue weighted by Gasteiger charge is 2.13. The van der Waals surface area contributed by atoms with Crippen LogP contribution in [0.1, 0.15) is 19.3 Å². The molecular formula is C10H16O2S. The van der Waals surface area contributed by atoms with Gasteiger partial charge in [0.15, 0.2) is 0 Å². The fraction of sp³-hybridized carbons (Fsp3) is 0.700. The molecule has 1 atom stereocenters. The van der Waals surface area contributed by atoms with Crippen molar-refractivity contribution < 1.29 is 9.53 Å². The first-order valence-corrected chi connectivity index (χ1v) is 5.78. The van der Waals surface area contributed by atoms with Crippen molar-refractivity contribution >= 4 is 17.7 Å². The van der Waals surface area contributed by atoms with Gasteiger partial charge in [0, 0.05) is 0 Å². The second-order valence-corrected chi connectivity index (χ2v) is 4.37. The van der Waals surface area contributed by atoms with Crippen LogP contribution in [-0.2, 0) is 9.53 Å². The number of rotatable bonds is 4. The molecule has 0 aromatic heterocycles. The Morgan fingerprint density at radius 2 is 2.46 bits per heavy atom. The molecule has 1 fully saturated rings. The van der Waals surface area contributed by atoms with E-state index in [4.69, 9.17) is 0 Å². The number of allylic oxidation sites excluding steroid dienone is 1. The van der Waals surface area contributed by atoms with E-state index in [9.17, 15) is 4.79 Å². The number of thioether (sulfide) groups is 1. The standard InChI is InChI=1S/C10H16O2S/c1-12-10(11)5-3-2-4-9-6-7-13-8-9/h2-3,9H,4-8H2,1H3/b3-2-. The molecule has 0 aromatic rings. The summed E-state index contributed by atoms with van der Waals surface area (Å²) in [5.41, 5.74) is 0. The molecule has 1 rings (SSSR count). The minimum absolute atomic E-state index is 0.156. The molecule has 0 bridgehead atoms. The monoisotopic (exact) mass is 200 g/mol. The maximum absolute atomic E-state index is 10.7. The van der Waals surface area contributed by atoms with Crippen molar-refractivity contribution in [3.63, 3.8) is 0 Å². The van der Waals surface area contributed by atoms with Gasteiger partial charge >= 0.3 is 5.97 Å². The third-order valence-electron chi connectivity index (χ3n) is 2.17. The van der Waals surface area contributed by atoms with Gasteiger partial charge < -0.3 is 4.74 Å². The summed E-state index contributed by atoms with van der Waals surface area (Å²) in [5, 5.41) is 0. The van der Waals surface area contributed by atoms with Gasteiger partial charge in [0.25, 0.3) is 0 Å². The highest BCUT2D eigenvalue weighted by Crippen LogP contribution is 2.26. The number of hydrogen-bond acceptors (Lipinski definition) is 3. The summed E-state index contributed by atoms with van der Waals surface area (Å²) in [5.74, 6) is 3.26. The number of carbonyl (C=O) groups is 1. The molecule has 13 heavy (non-hydrogen) atoms. The Hall–Kier alpha value is -0.440. The van der Waals surface area contributed by atoms with Crippen LogP contribution in [0.2, 0.25) is 0 Å². The molecule has 1 aliphatic heterocycles. The SMILES string of the molecule is COC(=O)C/C=C\CC1CCSC1. The van der Waals surface area contributed by atoms with Gasteiger partial charge in [0.2, 0.25) is 0 Å². The van der Waals surface area contributed by atoms with Gasteiger partial charge in [-0.2, -0.15) is 11.8 Å². The Kier molecular flexibility index (Phi) is 4.98. The van der Waals surface area contributed by atoms with Crippen LogP contribution < -0.4 is 0 Å². The Labute approximate surface area is 83.7 Å². The van der Waals surface area contributed by atoms with Crippen LogP contribution in [0, 0.1) is 5.92 Å². The lowest BCUT2D eigenvalue weighted by Crippen LogP contribution is -1.98. The maximum atomic E-state index is 10.7. The summed E-state index contributed by atoms with van der Waals surface area (Å²) < 4.78 is 4.53. The van der Waals surface area contributed by atoms with Gasteiger partial charge in [-0.1, -0.05) is 12.2 Å². The number of esters is 1. The molecule has 0 aromatic carbocycles. The molecule has 0 N–H and O–H groups in total. The van der Waals surface area contributed by atoms with Crippen molar-refractivity contribution in [2.75, 3.05) is 18.6 Å². The molecular weight excluding hydrogens is 184 g/mol. The second kappa shape index (κ2) is 6.08. The average molecular weight is 200 g/mol. The topological polar surface area (TPSA) is 26.3 Å². The predicted molar refractivity (Wildman–Crippen MR) is 55.8 cm³/mol. The van der Waals surface area contributed by atoms with Gasteiger partial charge in [0.05, 0.1) is 13.5 Å². The normalized spacial score (nSPS) is 22.4. The molecule has 0 aliphatic carbocycles. The number of hydrogen-bond donors (Lipinski definition) is 0. The molecule has 0 radical (unpaired) electrons. The number of carbonyl (C=O) groups excluding carboxylic acids is 1. The number of ether oxygens (including phenoxy) is 1. The van der Waals surface area contributed by atoms with Crippen LogP contribution in [0.4, 0.5) is 0 Å². The first kappa shape index (κ1) is 10.6. The van der Waals surface area contributed by atoms with E-state index in [1.54, 1.807) is 0 Å². The summed E-state index contributed by atoms with van der Waals surface area (Å²) in [4.78, 5) is 10.7. The van der Waals surface area contributed by atoms with Crippen LogP contribution in [0.25, 0.3) is 0 Å². The number of methoxy groups -OCH3 is 1. The zero-order chi connectivity index (χ0) is 9.52. The van der Waals surface area contributed by atoms with E-state index >= 15 is 0 Å². The quantitative estimate of drug-likeness (QED) is 0.514. The lowest BCUT2D eigenvalue weighted by molar-refractivity contribution is -0.139. The highest BCUT2D eigenvalue weighted by molar-refractivity contribution is 7.99. The lowest BCUT2D eigenvalue weighted by Gasteiger charge is -2.01. The summed E-state index contributed by atoms with van der Waals surface area (Å²) >= 11 is 2.03. The van der Waals surface area contributed by atoms with Crippen molar-refractivity contribution in [3.8, 4) is 0 Å². The largest absolute Gasteiger partial charge is 0.469 e. The molecule has 74 valence electrons. The molecule has 1 saturated heterocycles. The molecule has 1 aliphatic rings. The van der Waals surface area contributed by atoms with Crippen LogP contribution in [0.3, 0.4) is 0 Å². The van der Waals surface area contributed by atoms with Crippen molar-refractivity contribution in [2.45, 2.75) is 19.3 Å². The van der Waals surface area contributed by atoms with Crippen LogP contribution >= 0.6 is 11.8 Å². The third kappa shape index (κ3) is 4.36. The van der Waals surface area contributed by atoms with E-state index in [0.29, 0.717) is 6.42 Å². The fourth-order valence-electron chi connectivity index (χ4n) is 1.32. The van der Waals surface area contributed by atoms with E-state index in [0.717, 1.165) is 12.3 Å². The minimum atomic E-state index is -0.156. The maximum Gasteiger partial charge on any atom is 0.309 e. The van der Waals surface area contributed by atoms with Crippen molar-refractivity contribution in [1.82, 2.24) is 0 Å². The smallest absolute Gasteiger partial charge is 0.309 e. The zero-order valence-electron chi connectivity index (χ0n) is 7.99. The van der Waals surface area contributed by atoms with Gasteiger partial charge in [-0.3, -0.25) is 4.79 Å². The van der Waals surface area contributed by atoms with E-state index < -0.39 is 0 Å².